The summed E-state index contributed by atoms with van der Waals surface area (Å²) in [6, 6.07) is 5.32. The van der Waals surface area contributed by atoms with Gasteiger partial charge in [-0.05, 0) is 31.0 Å². The number of rotatable bonds is 3. The van der Waals surface area contributed by atoms with Crippen LogP contribution in [0.2, 0.25) is 5.02 Å². The Balaban J connectivity index is 1.67. The van der Waals surface area contributed by atoms with E-state index in [4.69, 9.17) is 11.6 Å². The first-order valence-electron chi connectivity index (χ1n) is 9.17. The zero-order valence-corrected chi connectivity index (χ0v) is 16.3. The van der Waals surface area contributed by atoms with Crippen molar-refractivity contribution in [3.05, 3.63) is 41.4 Å². The van der Waals surface area contributed by atoms with Crippen molar-refractivity contribution < 1.29 is 9.59 Å². The molecule has 144 valence electrons. The fraction of sp³-hybridized carbons (Fsp3) is 0.474. The van der Waals surface area contributed by atoms with E-state index < -0.39 is 6.04 Å². The number of likely N-dealkylation sites (N-methyl/N-ethyl adjacent to an activating group) is 1. The molecule has 3 amide bonds. The van der Waals surface area contributed by atoms with Crippen molar-refractivity contribution >= 4 is 29.2 Å². The van der Waals surface area contributed by atoms with Crippen LogP contribution in [0.4, 0.5) is 10.5 Å². The summed E-state index contributed by atoms with van der Waals surface area (Å²) in [5.41, 5.74) is 2.04. The molecule has 1 N–H and O–H groups in total. The molecule has 3 aliphatic heterocycles. The number of hydrogen-bond acceptors (Lipinski definition) is 5. The highest BCUT2D eigenvalue weighted by Crippen LogP contribution is 2.34. The number of nitrogens with one attached hydrogen (secondary N) is 1. The van der Waals surface area contributed by atoms with E-state index in [2.05, 4.69) is 27.8 Å². The van der Waals surface area contributed by atoms with Gasteiger partial charge in [0, 0.05) is 37.4 Å². The van der Waals surface area contributed by atoms with Gasteiger partial charge in [-0.3, -0.25) is 19.9 Å². The normalized spacial score (nSPS) is 28.4. The lowest BCUT2D eigenvalue weighted by Crippen LogP contribution is -2.66. The van der Waals surface area contributed by atoms with E-state index in [1.54, 1.807) is 18.0 Å². The van der Waals surface area contributed by atoms with Crippen molar-refractivity contribution in [3.8, 4) is 0 Å². The van der Waals surface area contributed by atoms with Crippen molar-refractivity contribution in [2.75, 3.05) is 31.6 Å². The average molecular weight is 390 g/mol. The molecule has 3 aliphatic rings. The number of nitrogens with zero attached hydrogens (tertiary/aromatic N) is 4. The first kappa shape index (κ1) is 18.3. The van der Waals surface area contributed by atoms with Gasteiger partial charge in [0.2, 0.25) is 0 Å². The number of imide groups is 1. The predicted molar refractivity (Wildman–Crippen MR) is 104 cm³/mol. The lowest BCUT2D eigenvalue weighted by Gasteiger charge is -2.43. The Labute approximate surface area is 164 Å². The van der Waals surface area contributed by atoms with Gasteiger partial charge in [-0.1, -0.05) is 23.7 Å². The maximum absolute atomic E-state index is 13.1. The molecule has 1 aromatic rings. The van der Waals surface area contributed by atoms with Gasteiger partial charge in [0.1, 0.15) is 18.5 Å². The molecule has 0 radical (unpaired) electrons. The molecule has 0 aliphatic carbocycles. The van der Waals surface area contributed by atoms with Crippen LogP contribution in [0, 0.1) is 6.92 Å². The highest BCUT2D eigenvalue weighted by atomic mass is 35.5. The van der Waals surface area contributed by atoms with Crippen LogP contribution in [-0.4, -0.2) is 71.8 Å². The second-order valence-corrected chi connectivity index (χ2v) is 7.69. The number of anilines is 1. The summed E-state index contributed by atoms with van der Waals surface area (Å²) in [5.74, 6) is -0.165. The highest BCUT2D eigenvalue weighted by Gasteiger charge is 2.55. The summed E-state index contributed by atoms with van der Waals surface area (Å²) < 4.78 is 0. The van der Waals surface area contributed by atoms with Gasteiger partial charge in [-0.15, -0.1) is 6.58 Å². The van der Waals surface area contributed by atoms with Gasteiger partial charge in [0.15, 0.2) is 0 Å². The summed E-state index contributed by atoms with van der Waals surface area (Å²) >= 11 is 6.33. The molecule has 27 heavy (non-hydrogen) atoms. The van der Waals surface area contributed by atoms with Crippen LogP contribution in [0.25, 0.3) is 0 Å². The summed E-state index contributed by atoms with van der Waals surface area (Å²) in [6.07, 6.45) is 2.01. The number of halogens is 1. The summed E-state index contributed by atoms with van der Waals surface area (Å²) in [6.45, 7) is 7.52. The van der Waals surface area contributed by atoms with Crippen LogP contribution >= 0.6 is 11.6 Å². The van der Waals surface area contributed by atoms with E-state index in [1.807, 2.05) is 19.1 Å². The number of fused-ring (bicyclic) bond motifs is 3. The lowest BCUT2D eigenvalue weighted by atomic mass is 10.1. The monoisotopic (exact) mass is 389 g/mol. The Morgan fingerprint density at radius 3 is 2.81 bits per heavy atom. The Bertz CT molecular complexity index is 800. The highest BCUT2D eigenvalue weighted by molar-refractivity contribution is 6.31. The minimum absolute atomic E-state index is 0.157. The van der Waals surface area contributed by atoms with Crippen molar-refractivity contribution in [2.45, 2.75) is 31.8 Å². The third-order valence-electron chi connectivity index (χ3n) is 5.67. The van der Waals surface area contributed by atoms with E-state index in [0.717, 1.165) is 35.8 Å². The van der Waals surface area contributed by atoms with Crippen LogP contribution in [0.5, 0.6) is 0 Å². The van der Waals surface area contributed by atoms with Crippen LogP contribution in [-0.2, 0) is 4.79 Å². The van der Waals surface area contributed by atoms with Crippen molar-refractivity contribution in [1.29, 1.82) is 0 Å². The third-order valence-corrected chi connectivity index (χ3v) is 6.08. The fourth-order valence-electron chi connectivity index (χ4n) is 4.24. The zero-order valence-electron chi connectivity index (χ0n) is 15.6. The maximum atomic E-state index is 13.1. The number of urea groups is 1. The molecular weight excluding hydrogens is 366 g/mol. The molecule has 3 atom stereocenters. The Morgan fingerprint density at radius 2 is 2.11 bits per heavy atom. The second kappa shape index (κ2) is 6.82. The summed E-state index contributed by atoms with van der Waals surface area (Å²) in [4.78, 5) is 32.9. The molecule has 3 saturated heterocycles. The fourth-order valence-corrected chi connectivity index (χ4v) is 4.42. The van der Waals surface area contributed by atoms with Gasteiger partial charge in [0.25, 0.3) is 5.91 Å². The van der Waals surface area contributed by atoms with Gasteiger partial charge < -0.3 is 9.80 Å². The Morgan fingerprint density at radius 1 is 1.33 bits per heavy atom. The maximum Gasteiger partial charge on any atom is 0.328 e. The van der Waals surface area contributed by atoms with Gasteiger partial charge in [0.05, 0.1) is 0 Å². The predicted octanol–water partition coefficient (Wildman–Crippen LogP) is 1.82. The standard InChI is InChI=1S/C19H24ClN5O2/c1-4-8-25-17(26)15-16(22(3)19(25)27)21-18-23(9-5-10-24(15)18)13-7-6-12(2)14(20)11-13/h4,6-7,11,15-16,18,21H,1,5,8-10H2,2-3H3. The molecule has 4 rings (SSSR count). The second-order valence-electron chi connectivity index (χ2n) is 7.28. The minimum Gasteiger partial charge on any atom is -0.343 e. The Hall–Kier alpha value is -2.09. The van der Waals surface area contributed by atoms with E-state index in [0.29, 0.717) is 0 Å². The zero-order chi connectivity index (χ0) is 19.3. The van der Waals surface area contributed by atoms with Crippen molar-refractivity contribution in [1.82, 2.24) is 20.0 Å². The number of benzene rings is 1. The van der Waals surface area contributed by atoms with E-state index in [1.165, 1.54) is 4.90 Å². The molecule has 8 heteroatoms. The molecule has 3 heterocycles. The molecule has 3 unspecified atom stereocenters. The molecule has 0 bridgehead atoms. The van der Waals surface area contributed by atoms with Crippen LogP contribution < -0.4 is 10.2 Å². The van der Waals surface area contributed by atoms with Gasteiger partial charge in [-0.25, -0.2) is 4.79 Å². The van der Waals surface area contributed by atoms with Crippen molar-refractivity contribution in [2.24, 2.45) is 0 Å². The van der Waals surface area contributed by atoms with E-state index >= 15 is 0 Å². The number of carbonyl (C=O) groups excluding carboxylic acids is 2. The first-order chi connectivity index (χ1) is 12.9. The lowest BCUT2D eigenvalue weighted by molar-refractivity contribution is -0.138. The molecule has 3 fully saturated rings. The van der Waals surface area contributed by atoms with Crippen LogP contribution in [0.15, 0.2) is 30.9 Å². The SMILES string of the molecule is C=CCN1C(=O)C2C(NC3N(c4ccc(C)c(Cl)c4)CCCN23)N(C)C1=O. The van der Waals surface area contributed by atoms with E-state index in [-0.39, 0.29) is 30.9 Å². The first-order valence-corrected chi connectivity index (χ1v) is 9.55. The molecule has 0 saturated carbocycles. The third kappa shape index (κ3) is 2.81. The molecule has 1 aromatic carbocycles. The van der Waals surface area contributed by atoms with Crippen LogP contribution in [0.1, 0.15) is 12.0 Å². The van der Waals surface area contributed by atoms with Crippen LogP contribution in [0.3, 0.4) is 0 Å². The number of hydrogen-bond donors (Lipinski definition) is 1. The molecule has 0 spiro atoms. The summed E-state index contributed by atoms with van der Waals surface area (Å²) in [7, 11) is 1.74. The topological polar surface area (TPSA) is 59.1 Å². The van der Waals surface area contributed by atoms with E-state index in [9.17, 15) is 9.59 Å². The average Bonchev–Trinajstić information content (AvgIpc) is 3.05. The number of amides is 3. The van der Waals surface area contributed by atoms with Crippen molar-refractivity contribution in [3.63, 3.8) is 0 Å². The Kier molecular flexibility index (Phi) is 4.61. The van der Waals surface area contributed by atoms with Gasteiger partial charge in [-0.2, -0.15) is 0 Å². The smallest absolute Gasteiger partial charge is 0.328 e. The quantitative estimate of drug-likeness (QED) is 0.799. The minimum atomic E-state index is -0.402. The molecule has 0 aromatic heterocycles. The number of carbonyl (C=O) groups is 2. The number of aryl methyl sites for hydroxylation is 1. The molecule has 7 nitrogen and oxygen atoms in total. The summed E-state index contributed by atoms with van der Waals surface area (Å²) in [5, 5.41) is 4.21. The molecular formula is C19H24ClN5O2. The van der Waals surface area contributed by atoms with Gasteiger partial charge >= 0.3 is 6.03 Å². The largest absolute Gasteiger partial charge is 0.343 e.